The van der Waals surface area contributed by atoms with Crippen molar-refractivity contribution in [3.63, 3.8) is 0 Å². The van der Waals surface area contributed by atoms with Crippen molar-refractivity contribution in [1.29, 1.82) is 0 Å². The third-order valence-corrected chi connectivity index (χ3v) is 6.78. The highest BCUT2D eigenvalue weighted by molar-refractivity contribution is 7.15. The number of nitrogens with zero attached hydrogens (tertiary/aromatic N) is 1. The summed E-state index contributed by atoms with van der Waals surface area (Å²) < 4.78 is 30.3. The zero-order valence-corrected chi connectivity index (χ0v) is 17.3. The topological polar surface area (TPSA) is 70.7 Å². The zero-order valence-electron chi connectivity index (χ0n) is 16.4. The molecular formula is C21H23F2N3O3S. The second-order valence-electron chi connectivity index (χ2n) is 7.65. The number of fused-ring (bicyclic) bond motifs is 3. The number of alkyl halides is 2. The van der Waals surface area contributed by atoms with Crippen LogP contribution in [0.25, 0.3) is 0 Å². The summed E-state index contributed by atoms with van der Waals surface area (Å²) in [5.74, 6) is -0.432. The highest BCUT2D eigenvalue weighted by Gasteiger charge is 2.40. The van der Waals surface area contributed by atoms with Gasteiger partial charge in [0, 0.05) is 17.8 Å². The lowest BCUT2D eigenvalue weighted by Crippen LogP contribution is -2.62. The maximum atomic E-state index is 12.7. The van der Waals surface area contributed by atoms with Crippen LogP contribution in [-0.2, 0) is 4.79 Å². The average Bonchev–Trinajstić information content (AvgIpc) is 3.21. The molecule has 0 unspecified atom stereocenters. The van der Waals surface area contributed by atoms with Crippen LogP contribution in [0.2, 0.25) is 0 Å². The summed E-state index contributed by atoms with van der Waals surface area (Å²) in [6.07, 6.45) is -0.815. The second kappa shape index (κ2) is 8.69. The lowest BCUT2D eigenvalue weighted by molar-refractivity contribution is -0.126. The molecule has 0 saturated carbocycles. The van der Waals surface area contributed by atoms with Crippen molar-refractivity contribution >= 4 is 28.8 Å². The van der Waals surface area contributed by atoms with Crippen molar-refractivity contribution in [1.82, 2.24) is 10.2 Å². The van der Waals surface area contributed by atoms with Crippen LogP contribution in [0.4, 0.5) is 14.5 Å². The summed E-state index contributed by atoms with van der Waals surface area (Å²) in [6, 6.07) is 10.1. The molecule has 5 rings (SSSR count). The largest absolute Gasteiger partial charge is 0.447 e. The Hall–Kier alpha value is -2.52. The molecule has 0 spiro atoms. The summed E-state index contributed by atoms with van der Waals surface area (Å²) in [5.41, 5.74) is 0.255. The van der Waals surface area contributed by atoms with Crippen molar-refractivity contribution < 1.29 is 23.1 Å². The van der Waals surface area contributed by atoms with E-state index in [-0.39, 0.29) is 17.6 Å². The van der Waals surface area contributed by atoms with Gasteiger partial charge in [0.05, 0.1) is 4.88 Å². The molecule has 1 aromatic heterocycles. The molecule has 0 aliphatic carbocycles. The van der Waals surface area contributed by atoms with E-state index in [0.717, 1.165) is 25.9 Å². The van der Waals surface area contributed by atoms with Gasteiger partial charge >= 0.3 is 6.43 Å². The van der Waals surface area contributed by atoms with Gasteiger partial charge in [0.1, 0.15) is 5.75 Å². The van der Waals surface area contributed by atoms with Gasteiger partial charge in [0.15, 0.2) is 5.06 Å². The number of nitrogens with one attached hydrogen (secondary N) is 2. The first-order valence-electron chi connectivity index (χ1n) is 9.92. The van der Waals surface area contributed by atoms with E-state index in [1.165, 1.54) is 23.5 Å². The van der Waals surface area contributed by atoms with Crippen LogP contribution in [0.3, 0.4) is 0 Å². The standard InChI is InChI=1S/C21H23F2N3O3S/c1-12-18(13-8-10-26(12)11-9-13)25-20(27)16-6-7-17(30-16)29-15-4-2-14(3-5-15)24-21(28)19(22)23/h2-7,12-13,18-19H,8-11H2,1H3,(H,24,28)(H,25,27)/t12-,18+/m1/s1. The van der Waals surface area contributed by atoms with Crippen LogP contribution >= 0.6 is 11.3 Å². The Labute approximate surface area is 177 Å². The van der Waals surface area contributed by atoms with Crippen LogP contribution in [-0.4, -0.2) is 48.3 Å². The smallest absolute Gasteiger partial charge is 0.315 e. The van der Waals surface area contributed by atoms with Gasteiger partial charge in [-0.1, -0.05) is 11.3 Å². The van der Waals surface area contributed by atoms with Gasteiger partial charge in [-0.25, -0.2) is 0 Å². The summed E-state index contributed by atoms with van der Waals surface area (Å²) in [5, 5.41) is 5.86. The fourth-order valence-corrected chi connectivity index (χ4v) is 4.96. The highest BCUT2D eigenvalue weighted by atomic mass is 32.1. The Balaban J connectivity index is 1.35. The van der Waals surface area contributed by atoms with Crippen molar-refractivity contribution in [2.75, 3.05) is 18.4 Å². The normalized spacial score (nSPS) is 25.2. The lowest BCUT2D eigenvalue weighted by atomic mass is 9.79. The number of hydrogen-bond acceptors (Lipinski definition) is 5. The summed E-state index contributed by atoms with van der Waals surface area (Å²) in [4.78, 5) is 26.8. The number of benzene rings is 1. The molecule has 3 aliphatic heterocycles. The number of carbonyl (C=O) groups excluding carboxylic acids is 2. The Bertz CT molecular complexity index is 908. The fraction of sp³-hybridized carbons (Fsp3) is 0.429. The van der Waals surface area contributed by atoms with E-state index in [0.29, 0.717) is 27.6 Å². The van der Waals surface area contributed by atoms with E-state index in [2.05, 4.69) is 22.5 Å². The Morgan fingerprint density at radius 1 is 1.13 bits per heavy atom. The number of halogens is 2. The van der Waals surface area contributed by atoms with Crippen LogP contribution in [0.1, 0.15) is 29.4 Å². The number of ether oxygens (including phenoxy) is 1. The van der Waals surface area contributed by atoms with Gasteiger partial charge in [0.25, 0.3) is 11.8 Å². The molecule has 30 heavy (non-hydrogen) atoms. The van der Waals surface area contributed by atoms with Crippen LogP contribution in [0, 0.1) is 5.92 Å². The molecule has 2 aromatic rings. The molecule has 9 heteroatoms. The molecule has 3 fully saturated rings. The van der Waals surface area contributed by atoms with E-state index in [1.807, 2.05) is 0 Å². The Morgan fingerprint density at radius 3 is 2.47 bits per heavy atom. The van der Waals surface area contributed by atoms with Gasteiger partial charge < -0.3 is 15.4 Å². The third-order valence-electron chi connectivity index (χ3n) is 5.82. The van der Waals surface area contributed by atoms with Crippen molar-refractivity contribution in [2.24, 2.45) is 5.92 Å². The van der Waals surface area contributed by atoms with E-state index in [9.17, 15) is 18.4 Å². The predicted octanol–water partition coefficient (Wildman–Crippen LogP) is 3.96. The molecule has 2 amide bonds. The quantitative estimate of drug-likeness (QED) is 0.721. The van der Waals surface area contributed by atoms with Gasteiger partial charge in [-0.15, -0.1) is 0 Å². The van der Waals surface area contributed by atoms with Crippen molar-refractivity contribution in [3.05, 3.63) is 41.3 Å². The monoisotopic (exact) mass is 435 g/mol. The fourth-order valence-electron chi connectivity index (χ4n) is 4.18. The molecule has 3 aliphatic rings. The first kappa shape index (κ1) is 20.7. The zero-order chi connectivity index (χ0) is 21.3. The Kier molecular flexibility index (Phi) is 6.01. The summed E-state index contributed by atoms with van der Waals surface area (Å²) in [7, 11) is 0. The van der Waals surface area contributed by atoms with Crippen molar-refractivity contribution in [3.8, 4) is 10.8 Å². The first-order valence-corrected chi connectivity index (χ1v) is 10.7. The van der Waals surface area contributed by atoms with Gasteiger partial charge in [-0.05, 0) is 75.2 Å². The molecule has 0 radical (unpaired) electrons. The first-order chi connectivity index (χ1) is 14.4. The molecule has 6 nitrogen and oxygen atoms in total. The number of hydrogen-bond donors (Lipinski definition) is 2. The van der Waals surface area contributed by atoms with Crippen LogP contribution in [0.15, 0.2) is 36.4 Å². The average molecular weight is 435 g/mol. The highest BCUT2D eigenvalue weighted by Crippen LogP contribution is 2.34. The number of amides is 2. The van der Waals surface area contributed by atoms with Crippen LogP contribution < -0.4 is 15.4 Å². The molecular weight excluding hydrogens is 412 g/mol. The van der Waals surface area contributed by atoms with E-state index in [1.54, 1.807) is 24.3 Å². The number of piperidine rings is 3. The minimum absolute atomic E-state index is 0.0921. The molecule has 2 bridgehead atoms. The van der Waals surface area contributed by atoms with Gasteiger partial charge in [0.2, 0.25) is 0 Å². The molecule has 160 valence electrons. The molecule has 2 N–H and O–H groups in total. The van der Waals surface area contributed by atoms with E-state index in [4.69, 9.17) is 4.74 Å². The minimum Gasteiger partial charge on any atom is -0.447 e. The number of thiophene rings is 1. The van der Waals surface area contributed by atoms with Crippen molar-refractivity contribution in [2.45, 2.75) is 38.3 Å². The molecule has 3 saturated heterocycles. The minimum atomic E-state index is -3.07. The molecule has 4 heterocycles. The SMILES string of the molecule is C[C@@H]1[C@H](NC(=O)c2ccc(Oc3ccc(NC(=O)C(F)F)cc3)s2)C2CCN1CC2. The van der Waals surface area contributed by atoms with Gasteiger partial charge in [-0.2, -0.15) is 8.78 Å². The summed E-state index contributed by atoms with van der Waals surface area (Å²) >= 11 is 1.25. The predicted molar refractivity (Wildman–Crippen MR) is 110 cm³/mol. The maximum Gasteiger partial charge on any atom is 0.315 e. The number of anilines is 1. The maximum absolute atomic E-state index is 12.7. The second-order valence-corrected chi connectivity index (χ2v) is 8.69. The molecule has 1 aromatic carbocycles. The third kappa shape index (κ3) is 4.46. The molecule has 2 atom stereocenters. The summed E-state index contributed by atoms with van der Waals surface area (Å²) in [6.45, 7) is 4.40. The lowest BCUT2D eigenvalue weighted by Gasteiger charge is -2.49. The van der Waals surface area contributed by atoms with E-state index < -0.39 is 12.3 Å². The Morgan fingerprint density at radius 2 is 1.83 bits per heavy atom. The van der Waals surface area contributed by atoms with Crippen LogP contribution in [0.5, 0.6) is 10.8 Å². The van der Waals surface area contributed by atoms with Gasteiger partial charge in [-0.3, -0.25) is 14.5 Å². The van der Waals surface area contributed by atoms with E-state index >= 15 is 0 Å². The number of rotatable bonds is 6. The number of carbonyl (C=O) groups is 2.